The second-order valence-corrected chi connectivity index (χ2v) is 5.83. The first-order chi connectivity index (χ1) is 12.7. The summed E-state index contributed by atoms with van der Waals surface area (Å²) in [5, 5.41) is 20.2. The van der Waals surface area contributed by atoms with Crippen molar-refractivity contribution in [3.63, 3.8) is 0 Å². The fourth-order valence-electron chi connectivity index (χ4n) is 2.28. The van der Waals surface area contributed by atoms with Gasteiger partial charge < -0.3 is 5.32 Å². The highest BCUT2D eigenvalue weighted by Crippen LogP contribution is 2.24. The third kappa shape index (κ3) is 5.08. The highest BCUT2D eigenvalue weighted by Gasteiger charge is 1.95. The third-order valence-electron chi connectivity index (χ3n) is 3.69. The van der Waals surface area contributed by atoms with Crippen LogP contribution < -0.4 is 5.32 Å². The molecular weight excluding hydrogens is 322 g/mol. The number of nitrogens with zero attached hydrogens (tertiary/aromatic N) is 4. The molecule has 0 amide bonds. The van der Waals surface area contributed by atoms with Crippen LogP contribution in [-0.4, -0.2) is 6.54 Å². The Hall–Kier alpha value is -3.34. The lowest BCUT2D eigenvalue weighted by atomic mass is 10.2. The molecule has 0 heterocycles. The molecule has 0 aliphatic heterocycles. The molecule has 26 heavy (non-hydrogen) atoms. The van der Waals surface area contributed by atoms with Gasteiger partial charge in [-0.25, -0.2) is 0 Å². The number of hydrogen-bond acceptors (Lipinski definition) is 5. The van der Waals surface area contributed by atoms with Crippen LogP contribution in [0.3, 0.4) is 0 Å². The summed E-state index contributed by atoms with van der Waals surface area (Å²) < 4.78 is 0. The molecule has 130 valence electrons. The van der Waals surface area contributed by atoms with Gasteiger partial charge in [-0.15, -0.1) is 0 Å². The molecule has 5 nitrogen and oxygen atoms in total. The molecule has 0 fully saturated rings. The molecule has 3 aromatic carbocycles. The third-order valence-corrected chi connectivity index (χ3v) is 3.69. The number of aryl methyl sites for hydroxylation is 1. The number of benzene rings is 3. The van der Waals surface area contributed by atoms with E-state index in [1.807, 2.05) is 79.7 Å². The summed E-state index contributed by atoms with van der Waals surface area (Å²) in [7, 11) is 0. The van der Waals surface area contributed by atoms with E-state index in [2.05, 4.69) is 32.7 Å². The standard InChI is InChI=1S/C21H21N5/c1-3-22-17-8-10-19(11-9-17)24-26-21-14-12-20(13-15-21)25-23-18-6-4-16(2)5-7-18/h4-15,22H,3H2,1-2H3. The van der Waals surface area contributed by atoms with Gasteiger partial charge in [-0.05, 0) is 74.5 Å². The van der Waals surface area contributed by atoms with E-state index >= 15 is 0 Å². The molecule has 0 unspecified atom stereocenters. The van der Waals surface area contributed by atoms with Crippen LogP contribution in [0.2, 0.25) is 0 Å². The van der Waals surface area contributed by atoms with Gasteiger partial charge in [0.05, 0.1) is 22.7 Å². The van der Waals surface area contributed by atoms with Crippen molar-refractivity contribution in [3.8, 4) is 0 Å². The lowest BCUT2D eigenvalue weighted by Crippen LogP contribution is -1.94. The normalized spacial score (nSPS) is 11.3. The fourth-order valence-corrected chi connectivity index (χ4v) is 2.28. The molecule has 0 atom stereocenters. The maximum absolute atomic E-state index is 4.25. The summed E-state index contributed by atoms with van der Waals surface area (Å²) >= 11 is 0. The van der Waals surface area contributed by atoms with Gasteiger partial charge in [0.1, 0.15) is 0 Å². The average molecular weight is 343 g/mol. The van der Waals surface area contributed by atoms with Gasteiger partial charge in [0, 0.05) is 12.2 Å². The minimum atomic E-state index is 0.773. The number of rotatable bonds is 6. The van der Waals surface area contributed by atoms with Gasteiger partial charge >= 0.3 is 0 Å². The van der Waals surface area contributed by atoms with Gasteiger partial charge in [-0.1, -0.05) is 17.7 Å². The van der Waals surface area contributed by atoms with Gasteiger partial charge in [0.15, 0.2) is 0 Å². The smallest absolute Gasteiger partial charge is 0.0858 e. The van der Waals surface area contributed by atoms with E-state index in [-0.39, 0.29) is 0 Å². The second-order valence-electron chi connectivity index (χ2n) is 5.83. The molecule has 5 heteroatoms. The monoisotopic (exact) mass is 343 g/mol. The summed E-state index contributed by atoms with van der Waals surface area (Å²) in [5.41, 5.74) is 5.48. The van der Waals surface area contributed by atoms with E-state index in [0.717, 1.165) is 35.0 Å². The van der Waals surface area contributed by atoms with Crippen LogP contribution >= 0.6 is 0 Å². The maximum atomic E-state index is 4.25. The maximum Gasteiger partial charge on any atom is 0.0858 e. The Kier molecular flexibility index (Phi) is 5.83. The molecule has 3 rings (SSSR count). The Labute approximate surface area is 153 Å². The molecular formula is C21H21N5. The van der Waals surface area contributed by atoms with Crippen LogP contribution in [0.15, 0.2) is 93.3 Å². The molecule has 0 saturated carbocycles. The van der Waals surface area contributed by atoms with Crippen LogP contribution in [0, 0.1) is 6.92 Å². The van der Waals surface area contributed by atoms with E-state index in [4.69, 9.17) is 0 Å². The topological polar surface area (TPSA) is 61.5 Å². The van der Waals surface area contributed by atoms with E-state index in [1.54, 1.807) is 0 Å². The van der Waals surface area contributed by atoms with Crippen molar-refractivity contribution in [2.75, 3.05) is 11.9 Å². The Morgan fingerprint density at radius 3 is 1.31 bits per heavy atom. The van der Waals surface area contributed by atoms with Crippen molar-refractivity contribution in [2.45, 2.75) is 13.8 Å². The van der Waals surface area contributed by atoms with Crippen molar-refractivity contribution < 1.29 is 0 Å². The first-order valence-corrected chi connectivity index (χ1v) is 8.57. The molecule has 3 aromatic rings. The molecule has 0 spiro atoms. The van der Waals surface area contributed by atoms with Crippen LogP contribution in [0.4, 0.5) is 28.4 Å². The fraction of sp³-hybridized carbons (Fsp3) is 0.143. The first kappa shape index (κ1) is 17.5. The van der Waals surface area contributed by atoms with E-state index in [1.165, 1.54) is 5.56 Å². The van der Waals surface area contributed by atoms with Crippen LogP contribution in [0.25, 0.3) is 0 Å². The van der Waals surface area contributed by atoms with Gasteiger partial charge in [0.25, 0.3) is 0 Å². The van der Waals surface area contributed by atoms with Crippen molar-refractivity contribution in [2.24, 2.45) is 20.5 Å². The second kappa shape index (κ2) is 8.67. The summed E-state index contributed by atoms with van der Waals surface area (Å²) in [6.07, 6.45) is 0. The van der Waals surface area contributed by atoms with Crippen molar-refractivity contribution >= 4 is 28.4 Å². The predicted octanol–water partition coefficient (Wildman–Crippen LogP) is 7.26. The van der Waals surface area contributed by atoms with E-state index < -0.39 is 0 Å². The minimum Gasteiger partial charge on any atom is -0.385 e. The zero-order valence-electron chi connectivity index (χ0n) is 14.9. The summed E-state index contributed by atoms with van der Waals surface area (Å²) in [4.78, 5) is 0. The van der Waals surface area contributed by atoms with E-state index in [9.17, 15) is 0 Å². The van der Waals surface area contributed by atoms with Gasteiger partial charge in [-0.2, -0.15) is 20.5 Å². The summed E-state index contributed by atoms with van der Waals surface area (Å²) in [6.45, 7) is 5.01. The zero-order chi connectivity index (χ0) is 18.2. The first-order valence-electron chi connectivity index (χ1n) is 8.57. The van der Waals surface area contributed by atoms with Crippen LogP contribution in [0.5, 0.6) is 0 Å². The zero-order valence-corrected chi connectivity index (χ0v) is 14.9. The van der Waals surface area contributed by atoms with Crippen molar-refractivity contribution in [1.29, 1.82) is 0 Å². The molecule has 0 bridgehead atoms. The molecule has 0 radical (unpaired) electrons. The van der Waals surface area contributed by atoms with E-state index in [0.29, 0.717) is 0 Å². The van der Waals surface area contributed by atoms with Gasteiger partial charge in [0.2, 0.25) is 0 Å². The Morgan fingerprint density at radius 1 is 0.577 bits per heavy atom. The molecule has 0 aliphatic carbocycles. The molecule has 1 N–H and O–H groups in total. The molecule has 0 aliphatic rings. The van der Waals surface area contributed by atoms with Gasteiger partial charge in [-0.3, -0.25) is 0 Å². The summed E-state index contributed by atoms with van der Waals surface area (Å²) in [5.74, 6) is 0. The predicted molar refractivity (Wildman–Crippen MR) is 107 cm³/mol. The lowest BCUT2D eigenvalue weighted by molar-refractivity contribution is 1.20. The number of anilines is 1. The lowest BCUT2D eigenvalue weighted by Gasteiger charge is -2.01. The quantitative estimate of drug-likeness (QED) is 0.470. The highest BCUT2D eigenvalue weighted by atomic mass is 15.1. The average Bonchev–Trinajstić information content (AvgIpc) is 2.68. The number of azo groups is 2. The van der Waals surface area contributed by atoms with Crippen molar-refractivity contribution in [1.82, 2.24) is 0 Å². The van der Waals surface area contributed by atoms with Crippen LogP contribution in [0.1, 0.15) is 12.5 Å². The highest BCUT2D eigenvalue weighted by molar-refractivity contribution is 5.51. The van der Waals surface area contributed by atoms with Crippen molar-refractivity contribution in [3.05, 3.63) is 78.4 Å². The summed E-state index contributed by atoms with van der Waals surface area (Å²) in [6, 6.07) is 23.3. The number of hydrogen-bond donors (Lipinski definition) is 1. The van der Waals surface area contributed by atoms with Crippen LogP contribution in [-0.2, 0) is 0 Å². The number of nitrogens with one attached hydrogen (secondary N) is 1. The SMILES string of the molecule is CCNc1ccc(N=Nc2ccc(N=Nc3ccc(C)cc3)cc2)cc1. The Morgan fingerprint density at radius 2 is 0.923 bits per heavy atom. The largest absolute Gasteiger partial charge is 0.385 e. The minimum absolute atomic E-state index is 0.773. The molecule has 0 aromatic heterocycles. The Balaban J connectivity index is 1.62. The Bertz CT molecular complexity index is 879. The molecule has 0 saturated heterocycles.